The van der Waals surface area contributed by atoms with Crippen molar-refractivity contribution in [1.82, 2.24) is 35.8 Å². The molecule has 0 bridgehead atoms. The highest BCUT2D eigenvalue weighted by Crippen LogP contribution is 2.21. The molecule has 3 heterocycles. The summed E-state index contributed by atoms with van der Waals surface area (Å²) in [6.07, 6.45) is 3.05. The molecule has 0 radical (unpaired) electrons. The Morgan fingerprint density at radius 3 is 2.86 bits per heavy atom. The fraction of sp³-hybridized carbons (Fsp3) is 0.368. The van der Waals surface area contributed by atoms with Crippen molar-refractivity contribution in [3.05, 3.63) is 59.4 Å². The topological polar surface area (TPSA) is 106 Å². The number of nitrogens with one attached hydrogen (secondary N) is 3. The predicted molar refractivity (Wildman–Crippen MR) is 102 cm³/mol. The van der Waals surface area contributed by atoms with Crippen molar-refractivity contribution in [1.29, 1.82) is 0 Å². The summed E-state index contributed by atoms with van der Waals surface area (Å²) in [5.74, 6) is 0.943. The van der Waals surface area contributed by atoms with Crippen LogP contribution in [0.15, 0.2) is 42.2 Å². The van der Waals surface area contributed by atoms with Crippen LogP contribution in [-0.2, 0) is 11.2 Å². The lowest BCUT2D eigenvalue weighted by atomic mass is 10.1. The van der Waals surface area contributed by atoms with Gasteiger partial charge in [-0.2, -0.15) is 0 Å². The molecule has 9 heteroatoms. The first-order valence-electron chi connectivity index (χ1n) is 9.30. The van der Waals surface area contributed by atoms with E-state index in [1.54, 1.807) is 11.9 Å². The fourth-order valence-electron chi connectivity index (χ4n) is 3.49. The van der Waals surface area contributed by atoms with Gasteiger partial charge in [-0.15, -0.1) is 10.2 Å². The molecule has 2 aliphatic heterocycles. The summed E-state index contributed by atoms with van der Waals surface area (Å²) in [5, 5.41) is 12.7. The number of carbonyl (C=O) groups excluding carboxylic acids is 2. The van der Waals surface area contributed by atoms with Crippen molar-refractivity contribution in [2.24, 2.45) is 0 Å². The number of hydrogen-bond acceptors (Lipinski definition) is 6. The molecule has 1 saturated heterocycles. The van der Waals surface area contributed by atoms with Crippen molar-refractivity contribution < 1.29 is 9.59 Å². The average molecular weight is 381 g/mol. The molecule has 1 aromatic heterocycles. The van der Waals surface area contributed by atoms with Crippen molar-refractivity contribution in [2.45, 2.75) is 31.8 Å². The Kier molecular flexibility index (Phi) is 4.82. The summed E-state index contributed by atoms with van der Waals surface area (Å²) in [7, 11) is 1.72. The van der Waals surface area contributed by atoms with E-state index < -0.39 is 11.9 Å². The van der Waals surface area contributed by atoms with Gasteiger partial charge < -0.3 is 10.3 Å². The molecule has 4 rings (SSSR count). The molecule has 28 heavy (non-hydrogen) atoms. The Labute approximate surface area is 162 Å². The van der Waals surface area contributed by atoms with Gasteiger partial charge in [-0.05, 0) is 25.0 Å². The number of carbonyl (C=O) groups is 2. The van der Waals surface area contributed by atoms with E-state index in [4.69, 9.17) is 0 Å². The van der Waals surface area contributed by atoms with Crippen LogP contribution in [0.1, 0.15) is 35.4 Å². The zero-order valence-electron chi connectivity index (χ0n) is 15.8. The molecule has 3 N–H and O–H groups in total. The molecule has 0 saturated carbocycles. The van der Waals surface area contributed by atoms with Gasteiger partial charge in [-0.25, -0.2) is 5.43 Å². The molecule has 0 spiro atoms. The third kappa shape index (κ3) is 3.61. The standard InChI is InChI=1S/C19H23N7O2/c1-12-10-16-25(2)19(28)14(8-9-26(16)24-12)20-18(27)17-21-15(22-23-17)11-13-6-4-3-5-7-13/h3-7,10,12,14,24H,8-9,11H2,1-2H3,(H,20,27)(H,21,22,23). The van der Waals surface area contributed by atoms with Gasteiger partial charge in [0.2, 0.25) is 5.82 Å². The second kappa shape index (κ2) is 7.43. The summed E-state index contributed by atoms with van der Waals surface area (Å²) in [6.45, 7) is 2.64. The van der Waals surface area contributed by atoms with E-state index in [2.05, 4.69) is 25.9 Å². The third-order valence-corrected chi connectivity index (χ3v) is 4.92. The summed E-state index contributed by atoms with van der Waals surface area (Å²) in [4.78, 5) is 29.9. The van der Waals surface area contributed by atoms with Crippen LogP contribution >= 0.6 is 0 Å². The molecule has 2 amide bonds. The number of aromatic amines is 1. The highest BCUT2D eigenvalue weighted by molar-refractivity contribution is 5.95. The fourth-order valence-corrected chi connectivity index (χ4v) is 3.49. The molecule has 1 aromatic carbocycles. The van der Waals surface area contributed by atoms with Gasteiger partial charge in [0.05, 0.1) is 0 Å². The zero-order chi connectivity index (χ0) is 19.7. The SMILES string of the molecule is CC1C=C2N(CCC(NC(=O)c3nnc(Cc4ccccc4)[nH]3)C(=O)N2C)N1. The first kappa shape index (κ1) is 18.2. The molecule has 0 aliphatic carbocycles. The van der Waals surface area contributed by atoms with Gasteiger partial charge in [-0.3, -0.25) is 19.5 Å². The minimum Gasteiger partial charge on any atom is -0.337 e. The van der Waals surface area contributed by atoms with E-state index >= 15 is 0 Å². The van der Waals surface area contributed by atoms with E-state index in [-0.39, 0.29) is 17.8 Å². The number of likely N-dealkylation sites (N-methyl/N-ethyl adjacent to an activating group) is 1. The number of hydrazine groups is 1. The van der Waals surface area contributed by atoms with E-state index in [9.17, 15) is 9.59 Å². The van der Waals surface area contributed by atoms with Gasteiger partial charge in [0.25, 0.3) is 11.8 Å². The first-order valence-corrected chi connectivity index (χ1v) is 9.30. The maximum atomic E-state index is 12.8. The van der Waals surface area contributed by atoms with Crippen LogP contribution in [-0.4, -0.2) is 62.6 Å². The van der Waals surface area contributed by atoms with Crippen molar-refractivity contribution in [3.8, 4) is 0 Å². The number of hydrogen-bond donors (Lipinski definition) is 3. The number of rotatable bonds is 4. The van der Waals surface area contributed by atoms with Gasteiger partial charge in [-0.1, -0.05) is 30.3 Å². The van der Waals surface area contributed by atoms with E-state index in [0.717, 1.165) is 11.4 Å². The molecule has 2 atom stereocenters. The lowest BCUT2D eigenvalue weighted by molar-refractivity contribution is -0.130. The molecule has 2 aromatic rings. The highest BCUT2D eigenvalue weighted by Gasteiger charge is 2.35. The second-order valence-corrected chi connectivity index (χ2v) is 7.09. The summed E-state index contributed by atoms with van der Waals surface area (Å²) < 4.78 is 0. The lowest BCUT2D eigenvalue weighted by Gasteiger charge is -2.25. The van der Waals surface area contributed by atoms with Gasteiger partial charge in [0.1, 0.15) is 17.7 Å². The Morgan fingerprint density at radius 1 is 1.29 bits per heavy atom. The van der Waals surface area contributed by atoms with Crippen molar-refractivity contribution >= 4 is 11.8 Å². The minimum absolute atomic E-state index is 0.108. The molecule has 2 aliphatic rings. The van der Waals surface area contributed by atoms with Crippen LogP contribution < -0.4 is 10.7 Å². The number of aromatic nitrogens is 3. The monoisotopic (exact) mass is 381 g/mol. The lowest BCUT2D eigenvalue weighted by Crippen LogP contribution is -2.46. The minimum atomic E-state index is -0.622. The second-order valence-electron chi connectivity index (χ2n) is 7.09. The number of nitrogens with zero attached hydrogens (tertiary/aromatic N) is 4. The quantitative estimate of drug-likeness (QED) is 0.708. The third-order valence-electron chi connectivity index (χ3n) is 4.92. The summed E-state index contributed by atoms with van der Waals surface area (Å²) in [6, 6.07) is 9.36. The van der Waals surface area contributed by atoms with Crippen LogP contribution in [0.3, 0.4) is 0 Å². The Bertz CT molecular complexity index is 908. The highest BCUT2D eigenvalue weighted by atomic mass is 16.2. The van der Waals surface area contributed by atoms with E-state index in [0.29, 0.717) is 25.2 Å². The first-order chi connectivity index (χ1) is 13.5. The number of H-pyrrole nitrogens is 1. The predicted octanol–water partition coefficient (Wildman–Crippen LogP) is 0.406. The summed E-state index contributed by atoms with van der Waals surface area (Å²) in [5.41, 5.74) is 4.36. The zero-order valence-corrected chi connectivity index (χ0v) is 15.8. The molecule has 1 fully saturated rings. The Hall–Kier alpha value is -3.20. The smallest absolute Gasteiger partial charge is 0.289 e. The Morgan fingerprint density at radius 2 is 2.07 bits per heavy atom. The number of benzene rings is 1. The van der Waals surface area contributed by atoms with Gasteiger partial charge in [0, 0.05) is 26.1 Å². The number of amides is 2. The molecule has 2 unspecified atom stereocenters. The average Bonchev–Trinajstić information content (AvgIpc) is 3.28. The van der Waals surface area contributed by atoms with E-state index in [1.807, 2.05) is 48.3 Å². The molecule has 9 nitrogen and oxygen atoms in total. The normalized spacial score (nSPS) is 21.9. The maximum absolute atomic E-state index is 12.8. The molecular weight excluding hydrogens is 358 g/mol. The van der Waals surface area contributed by atoms with Crippen LogP contribution in [0.5, 0.6) is 0 Å². The molecular formula is C19H23N7O2. The van der Waals surface area contributed by atoms with Crippen LogP contribution in [0.2, 0.25) is 0 Å². The van der Waals surface area contributed by atoms with Crippen molar-refractivity contribution in [3.63, 3.8) is 0 Å². The van der Waals surface area contributed by atoms with Crippen LogP contribution in [0.4, 0.5) is 0 Å². The summed E-state index contributed by atoms with van der Waals surface area (Å²) >= 11 is 0. The van der Waals surface area contributed by atoms with Crippen LogP contribution in [0, 0.1) is 0 Å². The van der Waals surface area contributed by atoms with E-state index in [1.165, 1.54) is 0 Å². The largest absolute Gasteiger partial charge is 0.337 e. The number of fused-ring (bicyclic) bond motifs is 1. The van der Waals surface area contributed by atoms with Crippen LogP contribution in [0.25, 0.3) is 0 Å². The molecule has 146 valence electrons. The Balaban J connectivity index is 1.42. The van der Waals surface area contributed by atoms with Gasteiger partial charge in [0.15, 0.2) is 0 Å². The maximum Gasteiger partial charge on any atom is 0.289 e. The van der Waals surface area contributed by atoms with Crippen molar-refractivity contribution in [2.75, 3.05) is 13.6 Å². The van der Waals surface area contributed by atoms with Gasteiger partial charge >= 0.3 is 0 Å².